The number of likely N-dealkylation sites (tertiary alicyclic amines) is 2. The van der Waals surface area contributed by atoms with Gasteiger partial charge >= 0.3 is 0 Å². The normalized spacial score (nSPS) is 26.4. The molecule has 1 aromatic rings. The van der Waals surface area contributed by atoms with Crippen LogP contribution in [0.5, 0.6) is 0 Å². The predicted molar refractivity (Wildman–Crippen MR) is 107 cm³/mol. The van der Waals surface area contributed by atoms with Crippen LogP contribution in [0.3, 0.4) is 0 Å². The number of piperidine rings is 1. The molecule has 0 N–H and O–H groups in total. The molecule has 1 aromatic heterocycles. The zero-order valence-corrected chi connectivity index (χ0v) is 17.6. The quantitative estimate of drug-likeness (QED) is 0.788. The molecule has 156 valence electrons. The van der Waals surface area contributed by atoms with E-state index in [-0.39, 0.29) is 17.3 Å². The lowest BCUT2D eigenvalue weighted by molar-refractivity contribution is -0.136. The van der Waals surface area contributed by atoms with Crippen LogP contribution < -0.4 is 0 Å². The van der Waals surface area contributed by atoms with E-state index in [1.54, 1.807) is 0 Å². The standard InChI is InChI=1S/C21H35N5O2/c1-16(2)12-26-15-22-23-19(26)18-13-25(14-21(18)6-10-28-11-7-21)20(27)17-4-8-24(3)9-5-17/h15-18H,4-14H2,1-3H3. The highest BCUT2D eigenvalue weighted by atomic mass is 16.5. The van der Waals surface area contributed by atoms with Gasteiger partial charge in [-0.25, -0.2) is 0 Å². The van der Waals surface area contributed by atoms with Crippen molar-refractivity contribution in [3.8, 4) is 0 Å². The molecule has 0 saturated carbocycles. The highest BCUT2D eigenvalue weighted by Gasteiger charge is 2.51. The Morgan fingerprint density at radius 3 is 2.68 bits per heavy atom. The van der Waals surface area contributed by atoms with Gasteiger partial charge in [0.1, 0.15) is 12.2 Å². The van der Waals surface area contributed by atoms with E-state index in [9.17, 15) is 4.79 Å². The second-order valence-electron chi connectivity index (χ2n) is 9.56. The molecule has 1 atom stereocenters. The van der Waals surface area contributed by atoms with Gasteiger partial charge in [0.05, 0.1) is 0 Å². The second-order valence-corrected chi connectivity index (χ2v) is 9.56. The van der Waals surface area contributed by atoms with Crippen LogP contribution in [0.1, 0.15) is 51.3 Å². The molecule has 4 rings (SSSR count). The van der Waals surface area contributed by atoms with Gasteiger partial charge in [-0.3, -0.25) is 4.79 Å². The molecule has 0 aromatic carbocycles. The molecule has 3 aliphatic heterocycles. The van der Waals surface area contributed by atoms with E-state index < -0.39 is 0 Å². The molecule has 4 heterocycles. The number of rotatable bonds is 4. The number of hydrogen-bond acceptors (Lipinski definition) is 5. The minimum atomic E-state index is 0.0845. The Balaban J connectivity index is 1.56. The van der Waals surface area contributed by atoms with Crippen molar-refractivity contribution in [3.05, 3.63) is 12.2 Å². The molecule has 7 heteroatoms. The van der Waals surface area contributed by atoms with E-state index in [0.29, 0.717) is 11.8 Å². The summed E-state index contributed by atoms with van der Waals surface area (Å²) in [6, 6.07) is 0. The Hall–Kier alpha value is -1.47. The Morgan fingerprint density at radius 1 is 1.29 bits per heavy atom. The summed E-state index contributed by atoms with van der Waals surface area (Å²) in [6.07, 6.45) is 5.84. The maximum Gasteiger partial charge on any atom is 0.225 e. The minimum absolute atomic E-state index is 0.0845. The maximum atomic E-state index is 13.3. The van der Waals surface area contributed by atoms with Gasteiger partial charge in [0, 0.05) is 50.1 Å². The van der Waals surface area contributed by atoms with Crippen molar-refractivity contribution < 1.29 is 9.53 Å². The summed E-state index contributed by atoms with van der Waals surface area (Å²) in [6.45, 7) is 10.6. The van der Waals surface area contributed by atoms with Gasteiger partial charge in [0.2, 0.25) is 5.91 Å². The molecule has 1 unspecified atom stereocenters. The Morgan fingerprint density at radius 2 is 2.00 bits per heavy atom. The Labute approximate surface area is 168 Å². The van der Waals surface area contributed by atoms with E-state index in [2.05, 4.69) is 45.5 Å². The van der Waals surface area contributed by atoms with Crippen LogP contribution in [0.15, 0.2) is 6.33 Å². The molecule has 0 bridgehead atoms. The first kappa shape index (κ1) is 19.8. The lowest BCUT2D eigenvalue weighted by Gasteiger charge is -2.37. The van der Waals surface area contributed by atoms with E-state index in [0.717, 1.165) is 77.4 Å². The first-order valence-electron chi connectivity index (χ1n) is 10.9. The van der Waals surface area contributed by atoms with Gasteiger partial charge in [-0.1, -0.05) is 13.8 Å². The van der Waals surface area contributed by atoms with Gasteiger partial charge in [0.15, 0.2) is 0 Å². The number of hydrogen-bond donors (Lipinski definition) is 0. The van der Waals surface area contributed by atoms with Gasteiger partial charge in [0.25, 0.3) is 0 Å². The van der Waals surface area contributed by atoms with Crippen molar-refractivity contribution in [2.75, 3.05) is 46.4 Å². The van der Waals surface area contributed by atoms with E-state index in [1.165, 1.54) is 0 Å². The molecule has 0 radical (unpaired) electrons. The summed E-state index contributed by atoms with van der Waals surface area (Å²) in [5, 5.41) is 8.78. The first-order valence-corrected chi connectivity index (χ1v) is 10.9. The molecule has 1 spiro atoms. The molecular formula is C21H35N5O2. The number of nitrogens with zero attached hydrogens (tertiary/aromatic N) is 5. The Kier molecular flexibility index (Phi) is 5.74. The van der Waals surface area contributed by atoms with E-state index >= 15 is 0 Å². The van der Waals surface area contributed by atoms with Crippen LogP contribution in [0.2, 0.25) is 0 Å². The van der Waals surface area contributed by atoms with Crippen LogP contribution >= 0.6 is 0 Å². The van der Waals surface area contributed by atoms with Crippen molar-refractivity contribution in [3.63, 3.8) is 0 Å². The third-order valence-electron chi connectivity index (χ3n) is 7.03. The SMILES string of the molecule is CC(C)Cn1cnnc1C1CN(C(=O)C2CCN(C)CC2)CC12CCOCC2. The predicted octanol–water partition coefficient (Wildman–Crippen LogP) is 2.00. The topological polar surface area (TPSA) is 63.5 Å². The summed E-state index contributed by atoms with van der Waals surface area (Å²) in [5.41, 5.74) is 0.0845. The van der Waals surface area contributed by atoms with Crippen molar-refractivity contribution in [2.24, 2.45) is 17.3 Å². The average molecular weight is 390 g/mol. The summed E-state index contributed by atoms with van der Waals surface area (Å²) < 4.78 is 7.91. The van der Waals surface area contributed by atoms with Crippen molar-refractivity contribution in [1.82, 2.24) is 24.6 Å². The fourth-order valence-electron chi connectivity index (χ4n) is 5.36. The smallest absolute Gasteiger partial charge is 0.225 e. The number of aromatic nitrogens is 3. The molecule has 3 aliphatic rings. The van der Waals surface area contributed by atoms with Crippen LogP contribution in [0, 0.1) is 17.3 Å². The summed E-state index contributed by atoms with van der Waals surface area (Å²) in [5.74, 6) is 2.40. The van der Waals surface area contributed by atoms with Crippen LogP contribution in [0.25, 0.3) is 0 Å². The second kappa shape index (κ2) is 8.11. The molecule has 3 fully saturated rings. The highest BCUT2D eigenvalue weighted by molar-refractivity contribution is 5.79. The highest BCUT2D eigenvalue weighted by Crippen LogP contribution is 2.49. The van der Waals surface area contributed by atoms with Crippen LogP contribution in [0.4, 0.5) is 0 Å². The van der Waals surface area contributed by atoms with Gasteiger partial charge in [-0.15, -0.1) is 10.2 Å². The third kappa shape index (κ3) is 3.83. The summed E-state index contributed by atoms with van der Waals surface area (Å²) >= 11 is 0. The van der Waals surface area contributed by atoms with Crippen molar-refractivity contribution >= 4 is 5.91 Å². The average Bonchev–Trinajstić information content (AvgIpc) is 3.26. The van der Waals surface area contributed by atoms with Gasteiger partial charge in [-0.2, -0.15) is 0 Å². The molecule has 3 saturated heterocycles. The van der Waals surface area contributed by atoms with Crippen molar-refractivity contribution in [1.29, 1.82) is 0 Å². The first-order chi connectivity index (χ1) is 13.5. The Bertz CT molecular complexity index is 674. The molecular weight excluding hydrogens is 354 g/mol. The van der Waals surface area contributed by atoms with Crippen LogP contribution in [-0.2, 0) is 16.1 Å². The zero-order valence-electron chi connectivity index (χ0n) is 17.6. The number of ether oxygens (including phenoxy) is 1. The van der Waals surface area contributed by atoms with Gasteiger partial charge < -0.3 is 19.1 Å². The maximum absolute atomic E-state index is 13.3. The lowest BCUT2D eigenvalue weighted by Crippen LogP contribution is -2.42. The molecule has 0 aliphatic carbocycles. The van der Waals surface area contributed by atoms with E-state index in [1.807, 2.05) is 6.33 Å². The van der Waals surface area contributed by atoms with Crippen molar-refractivity contribution in [2.45, 2.75) is 52.0 Å². The lowest BCUT2D eigenvalue weighted by atomic mass is 9.71. The van der Waals surface area contributed by atoms with E-state index in [4.69, 9.17) is 4.74 Å². The monoisotopic (exact) mass is 389 g/mol. The number of amides is 1. The molecule has 7 nitrogen and oxygen atoms in total. The largest absolute Gasteiger partial charge is 0.381 e. The number of carbonyl (C=O) groups excluding carboxylic acids is 1. The molecule has 28 heavy (non-hydrogen) atoms. The third-order valence-corrected chi connectivity index (χ3v) is 7.03. The number of carbonyl (C=O) groups is 1. The fourth-order valence-corrected chi connectivity index (χ4v) is 5.36. The minimum Gasteiger partial charge on any atom is -0.381 e. The fraction of sp³-hybridized carbons (Fsp3) is 0.857. The van der Waals surface area contributed by atoms with Gasteiger partial charge in [-0.05, 0) is 51.7 Å². The summed E-state index contributed by atoms with van der Waals surface area (Å²) in [7, 11) is 2.14. The molecule has 1 amide bonds. The zero-order chi connectivity index (χ0) is 19.7. The van der Waals surface area contributed by atoms with Crippen LogP contribution in [-0.4, -0.2) is 76.9 Å². The summed E-state index contributed by atoms with van der Waals surface area (Å²) in [4.78, 5) is 17.8.